The Bertz CT molecular complexity index is 797. The second kappa shape index (κ2) is 7.19. The number of para-hydroxylation sites is 1. The van der Waals surface area contributed by atoms with Gasteiger partial charge in [0.2, 0.25) is 0 Å². The number of nitrogens with one attached hydrogen (secondary N) is 1. The van der Waals surface area contributed by atoms with Gasteiger partial charge in [-0.15, -0.1) is 11.8 Å². The van der Waals surface area contributed by atoms with E-state index >= 15 is 0 Å². The van der Waals surface area contributed by atoms with Crippen LogP contribution in [0.1, 0.15) is 24.2 Å². The molecular weight excluding hydrogens is 330 g/mol. The quantitative estimate of drug-likeness (QED) is 0.833. The van der Waals surface area contributed by atoms with Crippen molar-refractivity contribution < 1.29 is 13.2 Å². The number of anilines is 1. The van der Waals surface area contributed by atoms with Gasteiger partial charge in [0.1, 0.15) is 0 Å². The summed E-state index contributed by atoms with van der Waals surface area (Å²) < 4.78 is 23.5. The van der Waals surface area contributed by atoms with Crippen LogP contribution in [0.2, 0.25) is 0 Å². The Balaban J connectivity index is 2.20. The molecule has 0 fully saturated rings. The summed E-state index contributed by atoms with van der Waals surface area (Å²) in [5.74, 6) is -0.331. The van der Waals surface area contributed by atoms with Crippen LogP contribution < -0.4 is 5.32 Å². The normalized spacial score (nSPS) is 11.5. The Labute approximate surface area is 141 Å². The maximum atomic E-state index is 12.3. The molecule has 0 aliphatic heterocycles. The van der Waals surface area contributed by atoms with E-state index in [2.05, 4.69) is 19.2 Å². The minimum atomic E-state index is -3.40. The molecule has 0 heterocycles. The number of hydrogen-bond acceptors (Lipinski definition) is 4. The van der Waals surface area contributed by atoms with Crippen LogP contribution in [0.3, 0.4) is 0 Å². The first-order chi connectivity index (χ1) is 10.8. The van der Waals surface area contributed by atoms with Gasteiger partial charge in [0.05, 0.1) is 10.6 Å². The standard InChI is InChI=1S/C17H19NO3S2/c1-12(2)22-14-10-8-13(9-11-14)17(19)18-15-6-4-5-7-16(15)23(3,20)21/h4-12H,1-3H3,(H,18,19). The molecule has 0 aromatic heterocycles. The number of amides is 1. The molecule has 1 N–H and O–H groups in total. The fraction of sp³-hybridized carbons (Fsp3) is 0.235. The molecule has 0 unspecified atom stereocenters. The summed E-state index contributed by atoms with van der Waals surface area (Å²) in [6, 6.07) is 13.6. The highest BCUT2D eigenvalue weighted by molar-refractivity contribution is 7.99. The lowest BCUT2D eigenvalue weighted by Crippen LogP contribution is -2.14. The van der Waals surface area contributed by atoms with E-state index in [4.69, 9.17) is 0 Å². The molecule has 0 radical (unpaired) electrons. The molecule has 1 amide bonds. The first-order valence-electron chi connectivity index (χ1n) is 7.14. The molecule has 2 aromatic carbocycles. The Hall–Kier alpha value is -1.79. The van der Waals surface area contributed by atoms with Gasteiger partial charge in [0.15, 0.2) is 9.84 Å². The van der Waals surface area contributed by atoms with Crippen molar-refractivity contribution in [3.63, 3.8) is 0 Å². The molecule has 4 nitrogen and oxygen atoms in total. The lowest BCUT2D eigenvalue weighted by atomic mass is 10.2. The summed E-state index contributed by atoms with van der Waals surface area (Å²) >= 11 is 1.72. The molecule has 0 saturated heterocycles. The summed E-state index contributed by atoms with van der Waals surface area (Å²) in [6.45, 7) is 4.21. The van der Waals surface area contributed by atoms with Crippen LogP contribution in [0, 0.1) is 0 Å². The van der Waals surface area contributed by atoms with Crippen LogP contribution in [0.5, 0.6) is 0 Å². The third-order valence-electron chi connectivity index (χ3n) is 3.02. The Kier molecular flexibility index (Phi) is 5.49. The SMILES string of the molecule is CC(C)Sc1ccc(C(=O)Nc2ccccc2S(C)(=O)=O)cc1. The molecule has 0 atom stereocenters. The summed E-state index contributed by atoms with van der Waals surface area (Å²) in [4.78, 5) is 13.5. The number of carbonyl (C=O) groups is 1. The molecule has 2 aromatic rings. The van der Waals surface area contributed by atoms with Crippen LogP contribution in [0.4, 0.5) is 5.69 Å². The minimum Gasteiger partial charge on any atom is -0.321 e. The Morgan fingerprint density at radius 1 is 1.04 bits per heavy atom. The Morgan fingerprint density at radius 2 is 1.65 bits per heavy atom. The van der Waals surface area contributed by atoms with E-state index in [1.807, 2.05) is 12.1 Å². The van der Waals surface area contributed by atoms with Gasteiger partial charge >= 0.3 is 0 Å². The summed E-state index contributed by atoms with van der Waals surface area (Å²) in [5.41, 5.74) is 0.780. The predicted octanol–water partition coefficient (Wildman–Crippen LogP) is 3.84. The topological polar surface area (TPSA) is 63.2 Å². The molecular formula is C17H19NO3S2. The van der Waals surface area contributed by atoms with Gasteiger partial charge < -0.3 is 5.32 Å². The molecule has 0 spiro atoms. The molecule has 0 bridgehead atoms. The zero-order chi connectivity index (χ0) is 17.0. The molecule has 0 aliphatic rings. The van der Waals surface area contributed by atoms with E-state index in [9.17, 15) is 13.2 Å². The first-order valence-corrected chi connectivity index (χ1v) is 9.91. The van der Waals surface area contributed by atoms with Crippen LogP contribution in [-0.2, 0) is 9.84 Å². The van der Waals surface area contributed by atoms with Crippen molar-refractivity contribution in [3.8, 4) is 0 Å². The summed E-state index contributed by atoms with van der Waals surface area (Å²) in [7, 11) is -3.40. The maximum absolute atomic E-state index is 12.3. The highest BCUT2D eigenvalue weighted by Crippen LogP contribution is 2.24. The van der Waals surface area contributed by atoms with E-state index in [-0.39, 0.29) is 10.8 Å². The van der Waals surface area contributed by atoms with Crippen LogP contribution in [0.15, 0.2) is 58.3 Å². The number of benzene rings is 2. The third kappa shape index (κ3) is 4.84. The number of carbonyl (C=O) groups excluding carboxylic acids is 1. The molecule has 122 valence electrons. The van der Waals surface area contributed by atoms with E-state index < -0.39 is 9.84 Å². The average Bonchev–Trinajstić information content (AvgIpc) is 2.46. The van der Waals surface area contributed by atoms with Crippen LogP contribution in [-0.4, -0.2) is 25.8 Å². The fourth-order valence-corrected chi connectivity index (χ4v) is 3.73. The largest absolute Gasteiger partial charge is 0.321 e. The van der Waals surface area contributed by atoms with Crippen molar-refractivity contribution in [2.24, 2.45) is 0 Å². The summed E-state index contributed by atoms with van der Waals surface area (Å²) in [6.07, 6.45) is 1.12. The average molecular weight is 349 g/mol. The second-order valence-corrected chi connectivity index (χ2v) is 9.05. The third-order valence-corrected chi connectivity index (χ3v) is 5.19. The first kappa shape index (κ1) is 17.6. The van der Waals surface area contributed by atoms with Gasteiger partial charge in [-0.05, 0) is 36.4 Å². The van der Waals surface area contributed by atoms with Gasteiger partial charge in [-0.25, -0.2) is 8.42 Å². The lowest BCUT2D eigenvalue weighted by Gasteiger charge is -2.10. The van der Waals surface area contributed by atoms with Gasteiger partial charge in [0.25, 0.3) is 5.91 Å². The van der Waals surface area contributed by atoms with Gasteiger partial charge in [0, 0.05) is 22.0 Å². The predicted molar refractivity (Wildman–Crippen MR) is 94.9 cm³/mol. The number of sulfone groups is 1. The van der Waals surface area contributed by atoms with Crippen molar-refractivity contribution in [2.75, 3.05) is 11.6 Å². The van der Waals surface area contributed by atoms with Gasteiger partial charge in [-0.3, -0.25) is 4.79 Å². The van der Waals surface area contributed by atoms with E-state index in [1.165, 1.54) is 6.07 Å². The zero-order valence-corrected chi connectivity index (χ0v) is 14.9. The van der Waals surface area contributed by atoms with Crippen LogP contribution >= 0.6 is 11.8 Å². The highest BCUT2D eigenvalue weighted by Gasteiger charge is 2.15. The van der Waals surface area contributed by atoms with E-state index in [1.54, 1.807) is 42.1 Å². The molecule has 0 saturated carbocycles. The monoisotopic (exact) mass is 349 g/mol. The van der Waals surface area contributed by atoms with Crippen molar-refractivity contribution in [1.29, 1.82) is 0 Å². The number of rotatable bonds is 5. The van der Waals surface area contributed by atoms with Crippen molar-refractivity contribution in [3.05, 3.63) is 54.1 Å². The molecule has 2 rings (SSSR count). The van der Waals surface area contributed by atoms with Gasteiger partial charge in [-0.2, -0.15) is 0 Å². The van der Waals surface area contributed by atoms with Crippen molar-refractivity contribution in [2.45, 2.75) is 28.9 Å². The molecule has 0 aliphatic carbocycles. The minimum absolute atomic E-state index is 0.111. The summed E-state index contributed by atoms with van der Waals surface area (Å²) in [5, 5.41) is 3.14. The Morgan fingerprint density at radius 3 is 2.22 bits per heavy atom. The molecule has 6 heteroatoms. The van der Waals surface area contributed by atoms with E-state index in [0.29, 0.717) is 16.5 Å². The zero-order valence-electron chi connectivity index (χ0n) is 13.2. The van der Waals surface area contributed by atoms with Crippen LogP contribution in [0.25, 0.3) is 0 Å². The fourth-order valence-electron chi connectivity index (χ4n) is 2.04. The van der Waals surface area contributed by atoms with Crippen molar-refractivity contribution in [1.82, 2.24) is 0 Å². The molecule has 23 heavy (non-hydrogen) atoms. The smallest absolute Gasteiger partial charge is 0.255 e. The highest BCUT2D eigenvalue weighted by atomic mass is 32.2. The van der Waals surface area contributed by atoms with Crippen molar-refractivity contribution >= 4 is 33.2 Å². The number of hydrogen-bond donors (Lipinski definition) is 1. The maximum Gasteiger partial charge on any atom is 0.255 e. The number of thioether (sulfide) groups is 1. The lowest BCUT2D eigenvalue weighted by molar-refractivity contribution is 0.102. The van der Waals surface area contributed by atoms with E-state index in [0.717, 1.165) is 11.2 Å². The second-order valence-electron chi connectivity index (χ2n) is 5.41. The van der Waals surface area contributed by atoms with Gasteiger partial charge in [-0.1, -0.05) is 26.0 Å².